The van der Waals surface area contributed by atoms with Crippen LogP contribution in [0.25, 0.3) is 0 Å². The number of aryl methyl sites for hydroxylation is 2. The predicted molar refractivity (Wildman–Crippen MR) is 67.4 cm³/mol. The van der Waals surface area contributed by atoms with Gasteiger partial charge < -0.3 is 11.1 Å². The smallest absolute Gasteiger partial charge is 0.241 e. The molecule has 3 heteroatoms. The van der Waals surface area contributed by atoms with E-state index in [1.54, 1.807) is 0 Å². The van der Waals surface area contributed by atoms with Crippen LogP contribution in [-0.2, 0) is 4.79 Å². The van der Waals surface area contributed by atoms with E-state index in [2.05, 4.69) is 5.32 Å². The summed E-state index contributed by atoms with van der Waals surface area (Å²) in [4.78, 5) is 11.7. The Morgan fingerprint density at radius 2 is 2.06 bits per heavy atom. The lowest BCUT2D eigenvalue weighted by Crippen LogP contribution is -2.35. The molecule has 0 saturated carbocycles. The van der Waals surface area contributed by atoms with Gasteiger partial charge in [-0.05, 0) is 43.5 Å². The third-order valence-electron chi connectivity index (χ3n) is 2.71. The Morgan fingerprint density at radius 1 is 1.38 bits per heavy atom. The van der Waals surface area contributed by atoms with Crippen molar-refractivity contribution in [2.24, 2.45) is 5.73 Å². The fourth-order valence-electron chi connectivity index (χ4n) is 1.50. The molecule has 0 saturated heterocycles. The summed E-state index contributed by atoms with van der Waals surface area (Å²) in [7, 11) is 0. The first-order chi connectivity index (χ1) is 7.54. The van der Waals surface area contributed by atoms with Gasteiger partial charge in [0, 0.05) is 5.69 Å². The van der Waals surface area contributed by atoms with Gasteiger partial charge in [-0.1, -0.05) is 19.4 Å². The number of rotatable bonds is 4. The van der Waals surface area contributed by atoms with Gasteiger partial charge in [-0.15, -0.1) is 0 Å². The first-order valence-corrected chi connectivity index (χ1v) is 5.68. The predicted octanol–water partition coefficient (Wildman–Crippen LogP) is 2.37. The van der Waals surface area contributed by atoms with Crippen LogP contribution in [0.4, 0.5) is 5.69 Å². The Labute approximate surface area is 97.0 Å². The molecule has 1 rings (SSSR count). The van der Waals surface area contributed by atoms with Crippen molar-refractivity contribution in [3.05, 3.63) is 29.3 Å². The number of carbonyl (C=O) groups is 1. The summed E-state index contributed by atoms with van der Waals surface area (Å²) in [5.41, 5.74) is 8.94. The highest BCUT2D eigenvalue weighted by Crippen LogP contribution is 2.14. The largest absolute Gasteiger partial charge is 0.325 e. The van der Waals surface area contributed by atoms with Crippen LogP contribution in [-0.4, -0.2) is 11.9 Å². The van der Waals surface area contributed by atoms with Gasteiger partial charge in [-0.3, -0.25) is 4.79 Å². The van der Waals surface area contributed by atoms with Crippen molar-refractivity contribution in [3.63, 3.8) is 0 Å². The molecular weight excluding hydrogens is 200 g/mol. The van der Waals surface area contributed by atoms with Gasteiger partial charge in [0.2, 0.25) is 5.91 Å². The number of hydrogen-bond acceptors (Lipinski definition) is 2. The van der Waals surface area contributed by atoms with Crippen LogP contribution in [0.5, 0.6) is 0 Å². The van der Waals surface area contributed by atoms with Crippen LogP contribution in [0, 0.1) is 13.8 Å². The average Bonchev–Trinajstić information content (AvgIpc) is 2.24. The Kier molecular flexibility index (Phi) is 4.50. The van der Waals surface area contributed by atoms with E-state index >= 15 is 0 Å². The maximum absolute atomic E-state index is 11.7. The lowest BCUT2D eigenvalue weighted by molar-refractivity contribution is -0.117. The van der Waals surface area contributed by atoms with Crippen molar-refractivity contribution < 1.29 is 4.79 Å². The summed E-state index contributed by atoms with van der Waals surface area (Å²) in [6.45, 7) is 6.09. The Bertz CT molecular complexity index is 374. The molecule has 1 amide bonds. The van der Waals surface area contributed by atoms with Crippen molar-refractivity contribution >= 4 is 11.6 Å². The first kappa shape index (κ1) is 12.7. The third-order valence-corrected chi connectivity index (χ3v) is 2.71. The quantitative estimate of drug-likeness (QED) is 0.818. The SMILES string of the molecule is CCC[C@H](N)C(=O)Nc1ccc(C)c(C)c1. The van der Waals surface area contributed by atoms with E-state index in [0.717, 1.165) is 18.5 Å². The van der Waals surface area contributed by atoms with Gasteiger partial charge in [0.25, 0.3) is 0 Å². The fraction of sp³-hybridized carbons (Fsp3) is 0.462. The standard InChI is InChI=1S/C13H20N2O/c1-4-5-12(14)13(16)15-11-7-6-9(2)10(3)8-11/h6-8,12H,4-5,14H2,1-3H3,(H,15,16)/t12-/m0/s1. The molecule has 3 nitrogen and oxygen atoms in total. The summed E-state index contributed by atoms with van der Waals surface area (Å²) < 4.78 is 0. The van der Waals surface area contributed by atoms with Crippen LogP contribution in [0.1, 0.15) is 30.9 Å². The van der Waals surface area contributed by atoms with E-state index in [0.29, 0.717) is 0 Å². The molecule has 1 aromatic carbocycles. The first-order valence-electron chi connectivity index (χ1n) is 5.68. The van der Waals surface area contributed by atoms with Crippen LogP contribution >= 0.6 is 0 Å². The van der Waals surface area contributed by atoms with E-state index in [9.17, 15) is 4.79 Å². The molecule has 0 bridgehead atoms. The summed E-state index contributed by atoms with van der Waals surface area (Å²) >= 11 is 0. The lowest BCUT2D eigenvalue weighted by Gasteiger charge is -2.12. The van der Waals surface area contributed by atoms with Crippen LogP contribution in [0.15, 0.2) is 18.2 Å². The minimum Gasteiger partial charge on any atom is -0.325 e. The molecule has 0 radical (unpaired) electrons. The fourth-order valence-corrected chi connectivity index (χ4v) is 1.50. The molecule has 0 fully saturated rings. The number of benzene rings is 1. The Morgan fingerprint density at radius 3 is 2.62 bits per heavy atom. The van der Waals surface area contributed by atoms with E-state index in [1.807, 2.05) is 39.0 Å². The molecule has 0 unspecified atom stereocenters. The molecule has 0 aliphatic heterocycles. The second-order valence-corrected chi connectivity index (χ2v) is 4.18. The summed E-state index contributed by atoms with van der Waals surface area (Å²) in [6, 6.07) is 5.45. The van der Waals surface area contributed by atoms with Crippen LogP contribution in [0.2, 0.25) is 0 Å². The molecule has 1 aromatic rings. The van der Waals surface area contributed by atoms with Gasteiger partial charge in [-0.2, -0.15) is 0 Å². The molecule has 16 heavy (non-hydrogen) atoms. The maximum atomic E-state index is 11.7. The topological polar surface area (TPSA) is 55.1 Å². The number of amides is 1. The second kappa shape index (κ2) is 5.66. The molecule has 0 aromatic heterocycles. The second-order valence-electron chi connectivity index (χ2n) is 4.18. The number of hydrogen-bond donors (Lipinski definition) is 2. The van der Waals surface area contributed by atoms with Crippen molar-refractivity contribution in [1.29, 1.82) is 0 Å². The summed E-state index contributed by atoms with van der Waals surface area (Å²) in [5.74, 6) is -0.106. The number of carbonyl (C=O) groups excluding carboxylic acids is 1. The van der Waals surface area contributed by atoms with E-state index in [4.69, 9.17) is 5.73 Å². The van der Waals surface area contributed by atoms with E-state index in [-0.39, 0.29) is 5.91 Å². The highest BCUT2D eigenvalue weighted by Gasteiger charge is 2.12. The summed E-state index contributed by atoms with van der Waals surface area (Å²) in [5, 5.41) is 2.83. The van der Waals surface area contributed by atoms with Gasteiger partial charge in [0.1, 0.15) is 0 Å². The Balaban J connectivity index is 2.66. The lowest BCUT2D eigenvalue weighted by atomic mass is 10.1. The molecule has 3 N–H and O–H groups in total. The van der Waals surface area contributed by atoms with Gasteiger partial charge in [0.15, 0.2) is 0 Å². The maximum Gasteiger partial charge on any atom is 0.241 e. The molecule has 0 aliphatic carbocycles. The molecule has 0 aliphatic rings. The van der Waals surface area contributed by atoms with Gasteiger partial charge in [-0.25, -0.2) is 0 Å². The molecule has 1 atom stereocenters. The van der Waals surface area contributed by atoms with Crippen molar-refractivity contribution in [2.75, 3.05) is 5.32 Å². The summed E-state index contributed by atoms with van der Waals surface area (Å²) in [6.07, 6.45) is 1.64. The number of anilines is 1. The highest BCUT2D eigenvalue weighted by atomic mass is 16.2. The number of nitrogens with two attached hydrogens (primary N) is 1. The minimum absolute atomic E-state index is 0.106. The number of nitrogens with one attached hydrogen (secondary N) is 1. The molecule has 0 spiro atoms. The van der Waals surface area contributed by atoms with Crippen molar-refractivity contribution in [3.8, 4) is 0 Å². The van der Waals surface area contributed by atoms with Gasteiger partial charge in [0.05, 0.1) is 6.04 Å². The highest BCUT2D eigenvalue weighted by molar-refractivity contribution is 5.94. The van der Waals surface area contributed by atoms with Crippen LogP contribution < -0.4 is 11.1 Å². The normalized spacial score (nSPS) is 12.2. The van der Waals surface area contributed by atoms with Crippen molar-refractivity contribution in [2.45, 2.75) is 39.7 Å². The zero-order chi connectivity index (χ0) is 12.1. The zero-order valence-corrected chi connectivity index (χ0v) is 10.2. The van der Waals surface area contributed by atoms with Crippen LogP contribution in [0.3, 0.4) is 0 Å². The van der Waals surface area contributed by atoms with E-state index < -0.39 is 6.04 Å². The minimum atomic E-state index is -0.411. The Hall–Kier alpha value is -1.35. The van der Waals surface area contributed by atoms with E-state index in [1.165, 1.54) is 11.1 Å². The van der Waals surface area contributed by atoms with Crippen molar-refractivity contribution in [1.82, 2.24) is 0 Å². The van der Waals surface area contributed by atoms with Gasteiger partial charge >= 0.3 is 0 Å². The molecule has 0 heterocycles. The molecular formula is C13H20N2O. The average molecular weight is 220 g/mol. The monoisotopic (exact) mass is 220 g/mol. The third kappa shape index (κ3) is 3.35. The molecule has 88 valence electrons. The zero-order valence-electron chi connectivity index (χ0n) is 10.2.